The molecule has 116 valence electrons. The largest absolute Gasteiger partial charge is 0.481 e. The van der Waals surface area contributed by atoms with E-state index in [1.54, 1.807) is 0 Å². The molecule has 0 saturated heterocycles. The Hall–Kier alpha value is -1.36. The minimum Gasteiger partial charge on any atom is -0.481 e. The average molecular weight is 356 g/mol. The maximum absolute atomic E-state index is 12.0. The Morgan fingerprint density at radius 2 is 1.76 bits per heavy atom. The molecule has 0 heterocycles. The SMILES string of the molecule is CC(C(=O)NCCCCCCC(=O)O)c1ccc(Br)cc1. The number of carboxylic acid groups (broad SMARTS) is 1. The molecule has 0 aliphatic rings. The lowest BCUT2D eigenvalue weighted by atomic mass is 10.0. The van der Waals surface area contributed by atoms with Crippen LogP contribution in [0.5, 0.6) is 0 Å². The molecule has 21 heavy (non-hydrogen) atoms. The third-order valence-corrected chi connectivity index (χ3v) is 3.91. The summed E-state index contributed by atoms with van der Waals surface area (Å²) in [4.78, 5) is 22.4. The number of benzene rings is 1. The summed E-state index contributed by atoms with van der Waals surface area (Å²) < 4.78 is 1.00. The van der Waals surface area contributed by atoms with E-state index >= 15 is 0 Å². The lowest BCUT2D eigenvalue weighted by Crippen LogP contribution is -2.28. The predicted molar refractivity (Wildman–Crippen MR) is 86.3 cm³/mol. The zero-order valence-electron chi connectivity index (χ0n) is 12.3. The molecule has 1 unspecified atom stereocenters. The molecule has 0 saturated carbocycles. The molecule has 1 atom stereocenters. The molecule has 1 aromatic carbocycles. The number of carboxylic acids is 1. The van der Waals surface area contributed by atoms with Gasteiger partial charge in [0.2, 0.25) is 5.91 Å². The first kappa shape index (κ1) is 17.7. The van der Waals surface area contributed by atoms with Gasteiger partial charge in [-0.2, -0.15) is 0 Å². The molecule has 5 heteroatoms. The van der Waals surface area contributed by atoms with Gasteiger partial charge in [-0.3, -0.25) is 9.59 Å². The summed E-state index contributed by atoms with van der Waals surface area (Å²) in [5.74, 6) is -0.875. The van der Waals surface area contributed by atoms with E-state index in [0.29, 0.717) is 13.0 Å². The van der Waals surface area contributed by atoms with Crippen molar-refractivity contribution in [2.24, 2.45) is 0 Å². The van der Waals surface area contributed by atoms with Crippen LogP contribution in [0.4, 0.5) is 0 Å². The number of carbonyl (C=O) groups excluding carboxylic acids is 1. The van der Waals surface area contributed by atoms with Crippen molar-refractivity contribution < 1.29 is 14.7 Å². The predicted octanol–water partition coefficient (Wildman–Crippen LogP) is 3.70. The maximum Gasteiger partial charge on any atom is 0.303 e. The van der Waals surface area contributed by atoms with Gasteiger partial charge in [0.25, 0.3) is 0 Å². The summed E-state index contributed by atoms with van der Waals surface area (Å²) in [5, 5.41) is 11.4. The van der Waals surface area contributed by atoms with Gasteiger partial charge in [-0.15, -0.1) is 0 Å². The quantitative estimate of drug-likeness (QED) is 0.663. The van der Waals surface area contributed by atoms with Crippen LogP contribution >= 0.6 is 15.9 Å². The van der Waals surface area contributed by atoms with Crippen LogP contribution in [0.15, 0.2) is 28.7 Å². The minimum atomic E-state index is -0.744. The Labute approximate surface area is 134 Å². The van der Waals surface area contributed by atoms with Crippen LogP contribution in [0.2, 0.25) is 0 Å². The molecule has 4 nitrogen and oxygen atoms in total. The van der Waals surface area contributed by atoms with Gasteiger partial charge in [0, 0.05) is 17.4 Å². The Kier molecular flexibility index (Phi) is 8.05. The van der Waals surface area contributed by atoms with Crippen LogP contribution in [0, 0.1) is 0 Å². The highest BCUT2D eigenvalue weighted by Crippen LogP contribution is 2.18. The Morgan fingerprint density at radius 1 is 1.14 bits per heavy atom. The van der Waals surface area contributed by atoms with E-state index in [0.717, 1.165) is 29.3 Å². The molecule has 1 rings (SSSR count). The van der Waals surface area contributed by atoms with Crippen LogP contribution in [0.1, 0.15) is 50.5 Å². The molecule has 0 aliphatic carbocycles. The molecule has 0 aromatic heterocycles. The topological polar surface area (TPSA) is 66.4 Å². The first-order valence-corrected chi connectivity index (χ1v) is 8.05. The Balaban J connectivity index is 2.18. The van der Waals surface area contributed by atoms with Gasteiger partial charge in [0.1, 0.15) is 0 Å². The minimum absolute atomic E-state index is 0.0304. The highest BCUT2D eigenvalue weighted by atomic mass is 79.9. The molecular formula is C16H22BrNO3. The molecule has 0 fully saturated rings. The molecule has 0 radical (unpaired) electrons. The molecule has 2 N–H and O–H groups in total. The van der Waals surface area contributed by atoms with E-state index in [1.807, 2.05) is 31.2 Å². The first-order valence-electron chi connectivity index (χ1n) is 7.25. The van der Waals surface area contributed by atoms with Gasteiger partial charge in [0.15, 0.2) is 0 Å². The highest BCUT2D eigenvalue weighted by molar-refractivity contribution is 9.10. The van der Waals surface area contributed by atoms with Gasteiger partial charge in [-0.25, -0.2) is 0 Å². The number of hydrogen-bond donors (Lipinski definition) is 2. The van der Waals surface area contributed by atoms with Crippen molar-refractivity contribution >= 4 is 27.8 Å². The van der Waals surface area contributed by atoms with Gasteiger partial charge in [-0.1, -0.05) is 40.9 Å². The third-order valence-electron chi connectivity index (χ3n) is 3.38. The van der Waals surface area contributed by atoms with Crippen molar-refractivity contribution in [3.63, 3.8) is 0 Å². The second-order valence-electron chi connectivity index (χ2n) is 5.12. The third kappa shape index (κ3) is 7.27. The number of hydrogen-bond acceptors (Lipinski definition) is 2. The summed E-state index contributed by atoms with van der Waals surface area (Å²) in [6, 6.07) is 7.75. The van der Waals surface area contributed by atoms with Crippen LogP contribution < -0.4 is 5.32 Å². The summed E-state index contributed by atoms with van der Waals surface area (Å²) >= 11 is 3.38. The fourth-order valence-corrected chi connectivity index (χ4v) is 2.29. The van der Waals surface area contributed by atoms with E-state index in [-0.39, 0.29) is 18.2 Å². The van der Waals surface area contributed by atoms with E-state index in [2.05, 4.69) is 21.2 Å². The second kappa shape index (κ2) is 9.55. The standard InChI is InChI=1S/C16H22BrNO3/c1-12(13-7-9-14(17)10-8-13)16(21)18-11-5-3-2-4-6-15(19)20/h7-10,12H,2-6,11H2,1H3,(H,18,21)(H,19,20). The number of rotatable bonds is 9. The van der Waals surface area contributed by atoms with Crippen LogP contribution in [0.25, 0.3) is 0 Å². The fraction of sp³-hybridized carbons (Fsp3) is 0.500. The number of unbranched alkanes of at least 4 members (excludes halogenated alkanes) is 3. The van der Waals surface area contributed by atoms with Crippen molar-refractivity contribution in [1.29, 1.82) is 0 Å². The number of nitrogens with one attached hydrogen (secondary N) is 1. The van der Waals surface area contributed by atoms with Gasteiger partial charge in [-0.05, 0) is 37.5 Å². The van der Waals surface area contributed by atoms with Crippen molar-refractivity contribution in [3.05, 3.63) is 34.3 Å². The van der Waals surface area contributed by atoms with Crippen molar-refractivity contribution in [3.8, 4) is 0 Å². The maximum atomic E-state index is 12.0. The Morgan fingerprint density at radius 3 is 2.38 bits per heavy atom. The van der Waals surface area contributed by atoms with Crippen LogP contribution in [-0.2, 0) is 9.59 Å². The summed E-state index contributed by atoms with van der Waals surface area (Å²) in [6.07, 6.45) is 3.66. The van der Waals surface area contributed by atoms with Crippen molar-refractivity contribution in [2.45, 2.75) is 44.9 Å². The number of aliphatic carboxylic acids is 1. The highest BCUT2D eigenvalue weighted by Gasteiger charge is 2.14. The van der Waals surface area contributed by atoms with Crippen LogP contribution in [-0.4, -0.2) is 23.5 Å². The summed E-state index contributed by atoms with van der Waals surface area (Å²) in [5.41, 5.74) is 0.997. The first-order chi connectivity index (χ1) is 10.0. The number of halogens is 1. The number of carbonyl (C=O) groups is 2. The van der Waals surface area contributed by atoms with E-state index < -0.39 is 5.97 Å². The zero-order chi connectivity index (χ0) is 15.7. The second-order valence-corrected chi connectivity index (χ2v) is 6.04. The molecule has 0 aliphatic heterocycles. The smallest absolute Gasteiger partial charge is 0.303 e. The summed E-state index contributed by atoms with van der Waals surface area (Å²) in [6.45, 7) is 2.54. The zero-order valence-corrected chi connectivity index (χ0v) is 13.9. The lowest BCUT2D eigenvalue weighted by Gasteiger charge is -2.12. The molecular weight excluding hydrogens is 334 g/mol. The lowest BCUT2D eigenvalue weighted by molar-refractivity contribution is -0.137. The van der Waals surface area contributed by atoms with Gasteiger partial charge in [0.05, 0.1) is 5.92 Å². The van der Waals surface area contributed by atoms with E-state index in [9.17, 15) is 9.59 Å². The van der Waals surface area contributed by atoms with Crippen molar-refractivity contribution in [1.82, 2.24) is 5.32 Å². The molecule has 1 amide bonds. The van der Waals surface area contributed by atoms with Crippen LogP contribution in [0.3, 0.4) is 0 Å². The molecule has 1 aromatic rings. The number of amides is 1. The normalized spacial score (nSPS) is 11.9. The summed E-state index contributed by atoms with van der Waals surface area (Å²) in [7, 11) is 0. The molecule has 0 bridgehead atoms. The Bertz CT molecular complexity index is 459. The van der Waals surface area contributed by atoms with Gasteiger partial charge < -0.3 is 10.4 Å². The molecule has 0 spiro atoms. The van der Waals surface area contributed by atoms with E-state index in [1.165, 1.54) is 0 Å². The fourth-order valence-electron chi connectivity index (χ4n) is 2.02. The monoisotopic (exact) mass is 355 g/mol. The van der Waals surface area contributed by atoms with Gasteiger partial charge >= 0.3 is 5.97 Å². The van der Waals surface area contributed by atoms with E-state index in [4.69, 9.17) is 5.11 Å². The average Bonchev–Trinajstić information content (AvgIpc) is 2.45. The van der Waals surface area contributed by atoms with Crippen molar-refractivity contribution in [2.75, 3.05) is 6.54 Å².